The average Bonchev–Trinajstić information content (AvgIpc) is 2.94. The van der Waals surface area contributed by atoms with Crippen LogP contribution < -0.4 is 11.1 Å². The van der Waals surface area contributed by atoms with Gasteiger partial charge in [0.25, 0.3) is 0 Å². The summed E-state index contributed by atoms with van der Waals surface area (Å²) in [6.07, 6.45) is 5.17. The summed E-state index contributed by atoms with van der Waals surface area (Å²) in [5.74, 6) is 0.847. The average molecular weight is 299 g/mol. The maximum atomic E-state index is 12.0. The normalized spacial score (nSPS) is 13.0. The fourth-order valence-electron chi connectivity index (χ4n) is 2.47. The van der Waals surface area contributed by atoms with Gasteiger partial charge < -0.3 is 11.1 Å². The molecule has 108 valence electrons. The van der Waals surface area contributed by atoms with Crippen molar-refractivity contribution in [2.45, 2.75) is 24.2 Å². The number of aryl methyl sites for hydroxylation is 2. The molecular formula is C16H17N3OS. The van der Waals surface area contributed by atoms with E-state index in [2.05, 4.69) is 22.4 Å². The molecule has 1 aromatic carbocycles. The summed E-state index contributed by atoms with van der Waals surface area (Å²) < 4.78 is 0. The zero-order chi connectivity index (χ0) is 14.7. The molecule has 1 heterocycles. The Morgan fingerprint density at radius 3 is 2.90 bits per heavy atom. The Morgan fingerprint density at radius 1 is 1.24 bits per heavy atom. The number of thioether (sulfide) groups is 1. The number of nitrogens with one attached hydrogen (secondary N) is 1. The molecule has 0 unspecified atom stereocenters. The molecule has 21 heavy (non-hydrogen) atoms. The van der Waals surface area contributed by atoms with Gasteiger partial charge in [-0.15, -0.1) is 11.8 Å². The molecule has 5 heteroatoms. The van der Waals surface area contributed by atoms with Gasteiger partial charge in [0.2, 0.25) is 5.91 Å². The second-order valence-electron chi connectivity index (χ2n) is 5.09. The molecule has 0 spiro atoms. The van der Waals surface area contributed by atoms with Crippen LogP contribution in [0.3, 0.4) is 0 Å². The topological polar surface area (TPSA) is 68.0 Å². The standard InChI is InChI=1S/C16H17N3OS/c17-15-7-6-14(9-18-15)21-10-16(20)19-13-5-4-11-2-1-3-12(11)8-13/h4-9H,1-3,10H2,(H2,17,18)(H,19,20). The molecule has 1 amide bonds. The van der Waals surface area contributed by atoms with E-state index in [0.29, 0.717) is 11.6 Å². The summed E-state index contributed by atoms with van der Waals surface area (Å²) in [4.78, 5) is 16.9. The molecule has 0 saturated heterocycles. The highest BCUT2D eigenvalue weighted by Crippen LogP contribution is 2.25. The molecule has 0 atom stereocenters. The third-order valence-electron chi connectivity index (χ3n) is 3.51. The van der Waals surface area contributed by atoms with Crippen molar-refractivity contribution >= 4 is 29.2 Å². The van der Waals surface area contributed by atoms with E-state index in [4.69, 9.17) is 5.73 Å². The van der Waals surface area contributed by atoms with Gasteiger partial charge >= 0.3 is 0 Å². The van der Waals surface area contributed by atoms with Gasteiger partial charge in [0.1, 0.15) is 5.82 Å². The van der Waals surface area contributed by atoms with Crippen LogP contribution in [0.15, 0.2) is 41.4 Å². The number of benzene rings is 1. The van der Waals surface area contributed by atoms with Gasteiger partial charge in [-0.05, 0) is 54.7 Å². The number of rotatable bonds is 4. The van der Waals surface area contributed by atoms with Crippen molar-refractivity contribution in [3.63, 3.8) is 0 Å². The van der Waals surface area contributed by atoms with E-state index < -0.39 is 0 Å². The van der Waals surface area contributed by atoms with Gasteiger partial charge in [-0.2, -0.15) is 0 Å². The number of nitrogens with zero attached hydrogens (tertiary/aromatic N) is 1. The number of carbonyl (C=O) groups excluding carboxylic acids is 1. The first-order valence-corrected chi connectivity index (χ1v) is 7.95. The summed E-state index contributed by atoms with van der Waals surface area (Å²) in [5.41, 5.74) is 9.19. The van der Waals surface area contributed by atoms with E-state index in [9.17, 15) is 4.79 Å². The minimum Gasteiger partial charge on any atom is -0.384 e. The van der Waals surface area contributed by atoms with E-state index in [1.807, 2.05) is 12.1 Å². The first-order valence-electron chi connectivity index (χ1n) is 6.97. The van der Waals surface area contributed by atoms with Crippen LogP contribution in [0.4, 0.5) is 11.5 Å². The lowest BCUT2D eigenvalue weighted by Gasteiger charge is -2.07. The third-order valence-corrected chi connectivity index (χ3v) is 4.49. The molecule has 1 aromatic heterocycles. The number of hydrogen-bond donors (Lipinski definition) is 2. The molecule has 0 bridgehead atoms. The summed E-state index contributed by atoms with van der Waals surface area (Å²) in [6, 6.07) is 9.80. The highest BCUT2D eigenvalue weighted by Gasteiger charge is 2.11. The highest BCUT2D eigenvalue weighted by molar-refractivity contribution is 8.00. The Bertz CT molecular complexity index is 655. The van der Waals surface area contributed by atoms with Crippen molar-refractivity contribution in [3.05, 3.63) is 47.7 Å². The number of hydrogen-bond acceptors (Lipinski definition) is 4. The highest BCUT2D eigenvalue weighted by atomic mass is 32.2. The Labute approximate surface area is 128 Å². The van der Waals surface area contributed by atoms with Gasteiger partial charge in [-0.3, -0.25) is 4.79 Å². The van der Waals surface area contributed by atoms with Crippen LogP contribution in [0, 0.1) is 0 Å². The molecule has 4 nitrogen and oxygen atoms in total. The summed E-state index contributed by atoms with van der Waals surface area (Å²) in [6.45, 7) is 0. The first-order chi connectivity index (χ1) is 10.2. The molecule has 2 aromatic rings. The minimum absolute atomic E-state index is 0.00484. The molecule has 1 aliphatic rings. The van der Waals surface area contributed by atoms with E-state index in [-0.39, 0.29) is 5.91 Å². The van der Waals surface area contributed by atoms with Crippen molar-refractivity contribution < 1.29 is 4.79 Å². The summed E-state index contributed by atoms with van der Waals surface area (Å²) in [5, 5.41) is 2.95. The lowest BCUT2D eigenvalue weighted by Crippen LogP contribution is -2.14. The number of pyridine rings is 1. The second-order valence-corrected chi connectivity index (χ2v) is 6.14. The molecule has 0 saturated carbocycles. The smallest absolute Gasteiger partial charge is 0.234 e. The van der Waals surface area contributed by atoms with Gasteiger partial charge in [0, 0.05) is 16.8 Å². The Balaban J connectivity index is 1.55. The van der Waals surface area contributed by atoms with Crippen LogP contribution >= 0.6 is 11.8 Å². The number of carbonyl (C=O) groups is 1. The van der Waals surface area contributed by atoms with Crippen molar-refractivity contribution in [1.29, 1.82) is 0 Å². The van der Waals surface area contributed by atoms with Crippen LogP contribution in [0.2, 0.25) is 0 Å². The summed E-state index contributed by atoms with van der Waals surface area (Å²) >= 11 is 1.45. The van der Waals surface area contributed by atoms with Gasteiger partial charge in [-0.1, -0.05) is 6.07 Å². The number of nitrogen functional groups attached to an aromatic ring is 1. The number of nitrogens with two attached hydrogens (primary N) is 1. The van der Waals surface area contributed by atoms with Crippen molar-refractivity contribution in [3.8, 4) is 0 Å². The molecule has 1 aliphatic carbocycles. The summed E-state index contributed by atoms with van der Waals surface area (Å²) in [7, 11) is 0. The van der Waals surface area contributed by atoms with Crippen LogP contribution in [0.5, 0.6) is 0 Å². The Kier molecular flexibility index (Phi) is 4.10. The molecular weight excluding hydrogens is 282 g/mol. The largest absolute Gasteiger partial charge is 0.384 e. The Hall–Kier alpha value is -2.01. The minimum atomic E-state index is -0.00484. The van der Waals surface area contributed by atoms with Gasteiger partial charge in [0.15, 0.2) is 0 Å². The fourth-order valence-corrected chi connectivity index (χ4v) is 3.13. The van der Waals surface area contributed by atoms with Crippen LogP contribution in [0.25, 0.3) is 0 Å². The van der Waals surface area contributed by atoms with E-state index in [1.54, 1.807) is 12.3 Å². The molecule has 0 aliphatic heterocycles. The molecule has 0 radical (unpaired) electrons. The van der Waals surface area contributed by atoms with E-state index >= 15 is 0 Å². The molecule has 3 N–H and O–H groups in total. The van der Waals surface area contributed by atoms with Crippen molar-refractivity contribution in [1.82, 2.24) is 4.98 Å². The maximum absolute atomic E-state index is 12.0. The Morgan fingerprint density at radius 2 is 2.10 bits per heavy atom. The van der Waals surface area contributed by atoms with E-state index in [0.717, 1.165) is 23.4 Å². The lowest BCUT2D eigenvalue weighted by molar-refractivity contribution is -0.113. The zero-order valence-electron chi connectivity index (χ0n) is 11.6. The lowest BCUT2D eigenvalue weighted by atomic mass is 10.1. The monoisotopic (exact) mass is 299 g/mol. The predicted octanol–water partition coefficient (Wildman–Crippen LogP) is 2.88. The number of fused-ring (bicyclic) bond motifs is 1. The fraction of sp³-hybridized carbons (Fsp3) is 0.250. The second kappa shape index (κ2) is 6.18. The number of anilines is 2. The van der Waals surface area contributed by atoms with Crippen LogP contribution in [0.1, 0.15) is 17.5 Å². The molecule has 3 rings (SSSR count). The van der Waals surface area contributed by atoms with Gasteiger partial charge in [-0.25, -0.2) is 4.98 Å². The predicted molar refractivity (Wildman–Crippen MR) is 86.5 cm³/mol. The quantitative estimate of drug-likeness (QED) is 0.852. The number of amides is 1. The SMILES string of the molecule is Nc1ccc(SCC(=O)Nc2ccc3c(c2)CCC3)cn1. The van der Waals surface area contributed by atoms with Crippen LogP contribution in [-0.2, 0) is 17.6 Å². The number of aromatic nitrogens is 1. The maximum Gasteiger partial charge on any atom is 0.234 e. The van der Waals surface area contributed by atoms with Crippen molar-refractivity contribution in [2.24, 2.45) is 0 Å². The third kappa shape index (κ3) is 3.55. The van der Waals surface area contributed by atoms with E-state index in [1.165, 1.54) is 29.3 Å². The van der Waals surface area contributed by atoms with Gasteiger partial charge in [0.05, 0.1) is 5.75 Å². The zero-order valence-corrected chi connectivity index (χ0v) is 12.5. The van der Waals surface area contributed by atoms with Crippen molar-refractivity contribution in [2.75, 3.05) is 16.8 Å². The first kappa shape index (κ1) is 13.9. The molecule has 0 fully saturated rings. The van der Waals surface area contributed by atoms with Crippen LogP contribution in [-0.4, -0.2) is 16.6 Å².